The van der Waals surface area contributed by atoms with Crippen molar-refractivity contribution in [3.05, 3.63) is 23.8 Å². The fourth-order valence-corrected chi connectivity index (χ4v) is 4.59. The van der Waals surface area contributed by atoms with Gasteiger partial charge in [0.15, 0.2) is 0 Å². The van der Waals surface area contributed by atoms with Crippen LogP contribution in [0, 0.1) is 5.41 Å². The highest BCUT2D eigenvalue weighted by Crippen LogP contribution is 2.50. The molecule has 7 nitrogen and oxygen atoms in total. The average Bonchev–Trinajstić information content (AvgIpc) is 3.10. The molecule has 3 aliphatic heterocycles. The van der Waals surface area contributed by atoms with Crippen molar-refractivity contribution in [1.82, 2.24) is 9.80 Å². The molecule has 2 saturated heterocycles. The van der Waals surface area contributed by atoms with Crippen molar-refractivity contribution >= 4 is 11.9 Å². The Morgan fingerprint density at radius 2 is 2.07 bits per heavy atom. The van der Waals surface area contributed by atoms with E-state index in [0.717, 1.165) is 31.5 Å². The van der Waals surface area contributed by atoms with Crippen LogP contribution in [0.15, 0.2) is 18.2 Å². The molecule has 0 bridgehead atoms. The highest BCUT2D eigenvalue weighted by molar-refractivity contribution is 5.83. The monoisotopic (exact) mass is 374 g/mol. The zero-order valence-corrected chi connectivity index (χ0v) is 15.6. The zero-order valence-electron chi connectivity index (χ0n) is 15.6. The van der Waals surface area contributed by atoms with Crippen LogP contribution in [0.4, 0.5) is 0 Å². The number of rotatable bonds is 4. The number of nitrogens with zero attached hydrogens (tertiary/aromatic N) is 2. The Balaban J connectivity index is 1.57. The summed E-state index contributed by atoms with van der Waals surface area (Å²) in [6, 6.07) is 5.48. The van der Waals surface area contributed by atoms with E-state index in [0.29, 0.717) is 24.6 Å². The van der Waals surface area contributed by atoms with Crippen LogP contribution in [0.3, 0.4) is 0 Å². The van der Waals surface area contributed by atoms with E-state index in [9.17, 15) is 14.7 Å². The maximum atomic E-state index is 12.9. The minimum Gasteiger partial charge on any atom is -0.497 e. The number of carboxylic acid groups (broad SMARTS) is 1. The Morgan fingerprint density at radius 1 is 1.30 bits per heavy atom. The second-order valence-electron chi connectivity index (χ2n) is 7.82. The Kier molecular flexibility index (Phi) is 4.72. The van der Waals surface area contributed by atoms with E-state index in [2.05, 4.69) is 4.90 Å². The normalized spacial score (nSPS) is 27.4. The van der Waals surface area contributed by atoms with Crippen LogP contribution >= 0.6 is 0 Å². The molecular formula is C20H26N2O5. The van der Waals surface area contributed by atoms with E-state index >= 15 is 0 Å². The van der Waals surface area contributed by atoms with E-state index in [1.54, 1.807) is 18.1 Å². The summed E-state index contributed by atoms with van der Waals surface area (Å²) < 4.78 is 11.1. The summed E-state index contributed by atoms with van der Waals surface area (Å²) in [5.74, 6) is 0.174. The van der Waals surface area contributed by atoms with Gasteiger partial charge >= 0.3 is 5.97 Å². The maximum Gasteiger partial charge on any atom is 0.315 e. The van der Waals surface area contributed by atoms with Crippen LogP contribution in [0.25, 0.3) is 0 Å². The third-order valence-corrected chi connectivity index (χ3v) is 6.21. The summed E-state index contributed by atoms with van der Waals surface area (Å²) >= 11 is 0. The van der Waals surface area contributed by atoms with Gasteiger partial charge in [0, 0.05) is 30.6 Å². The van der Waals surface area contributed by atoms with Gasteiger partial charge < -0.3 is 19.5 Å². The molecule has 0 saturated carbocycles. The summed E-state index contributed by atoms with van der Waals surface area (Å²) in [4.78, 5) is 29.0. The molecule has 0 unspecified atom stereocenters. The number of carboxylic acids is 1. The van der Waals surface area contributed by atoms with Crippen LogP contribution in [-0.4, -0.2) is 73.2 Å². The molecule has 0 radical (unpaired) electrons. The SMILES string of the molecule is COc1ccc2c(c1)OC[C@]1(C(=O)O)CN(C(=O)CN3CCCCC3)C[C@H]21. The summed E-state index contributed by atoms with van der Waals surface area (Å²) in [6.45, 7) is 2.95. The van der Waals surface area contributed by atoms with Crippen molar-refractivity contribution in [2.75, 3.05) is 46.4 Å². The van der Waals surface area contributed by atoms with Gasteiger partial charge in [-0.25, -0.2) is 0 Å². The largest absolute Gasteiger partial charge is 0.497 e. The van der Waals surface area contributed by atoms with Crippen molar-refractivity contribution in [3.63, 3.8) is 0 Å². The van der Waals surface area contributed by atoms with E-state index < -0.39 is 11.4 Å². The van der Waals surface area contributed by atoms with Gasteiger partial charge in [0.25, 0.3) is 0 Å². The molecule has 3 heterocycles. The molecule has 0 aromatic heterocycles. The number of benzene rings is 1. The van der Waals surface area contributed by atoms with Crippen molar-refractivity contribution in [2.45, 2.75) is 25.2 Å². The van der Waals surface area contributed by atoms with Crippen LogP contribution in [0.1, 0.15) is 30.7 Å². The standard InChI is InChI=1S/C20H26N2O5/c1-26-14-5-6-15-16-10-22(18(23)11-21-7-3-2-4-8-21)12-20(16,19(24)25)13-27-17(15)9-14/h5-6,9,16H,2-4,7-8,10-13H2,1H3,(H,24,25)/t16-,20-/m1/s1. The minimum atomic E-state index is -1.08. The van der Waals surface area contributed by atoms with Crippen molar-refractivity contribution < 1.29 is 24.2 Å². The molecule has 1 N–H and O–H groups in total. The van der Waals surface area contributed by atoms with Gasteiger partial charge in [-0.1, -0.05) is 12.5 Å². The lowest BCUT2D eigenvalue weighted by Gasteiger charge is -2.35. The topological polar surface area (TPSA) is 79.3 Å². The Bertz CT molecular complexity index is 746. The quantitative estimate of drug-likeness (QED) is 0.862. The average molecular weight is 374 g/mol. The highest BCUT2D eigenvalue weighted by atomic mass is 16.5. The van der Waals surface area contributed by atoms with E-state index in [1.807, 2.05) is 12.1 Å². The molecule has 2 atom stereocenters. The third kappa shape index (κ3) is 3.14. The molecule has 1 aromatic carbocycles. The molecule has 0 aliphatic carbocycles. The number of amides is 1. The number of carbonyl (C=O) groups is 2. The van der Waals surface area contributed by atoms with Crippen LogP contribution in [0.5, 0.6) is 11.5 Å². The van der Waals surface area contributed by atoms with Gasteiger partial charge in [0.2, 0.25) is 5.91 Å². The van der Waals surface area contributed by atoms with Gasteiger partial charge in [-0.2, -0.15) is 0 Å². The van der Waals surface area contributed by atoms with Crippen molar-refractivity contribution in [1.29, 1.82) is 0 Å². The first-order valence-corrected chi connectivity index (χ1v) is 9.58. The Morgan fingerprint density at radius 3 is 2.78 bits per heavy atom. The zero-order chi connectivity index (χ0) is 19.0. The molecule has 1 aromatic rings. The molecule has 27 heavy (non-hydrogen) atoms. The van der Waals surface area contributed by atoms with Crippen LogP contribution in [0.2, 0.25) is 0 Å². The number of hydrogen-bond donors (Lipinski definition) is 1. The van der Waals surface area contributed by atoms with Gasteiger partial charge in [0.1, 0.15) is 23.5 Å². The Labute approximate surface area is 158 Å². The number of methoxy groups -OCH3 is 1. The van der Waals surface area contributed by atoms with Gasteiger partial charge in [0.05, 0.1) is 13.7 Å². The fourth-order valence-electron chi connectivity index (χ4n) is 4.59. The Hall–Kier alpha value is -2.28. The smallest absolute Gasteiger partial charge is 0.315 e. The number of likely N-dealkylation sites (tertiary alicyclic amines) is 2. The number of ether oxygens (including phenoxy) is 2. The first-order valence-electron chi connectivity index (χ1n) is 9.58. The lowest BCUT2D eigenvalue weighted by molar-refractivity contribution is -0.152. The summed E-state index contributed by atoms with van der Waals surface area (Å²) in [5.41, 5.74) is -0.239. The molecule has 2 fully saturated rings. The van der Waals surface area contributed by atoms with Crippen molar-refractivity contribution in [2.24, 2.45) is 5.41 Å². The van der Waals surface area contributed by atoms with Gasteiger partial charge in [-0.15, -0.1) is 0 Å². The number of fused-ring (bicyclic) bond motifs is 3. The molecular weight excluding hydrogens is 348 g/mol. The summed E-state index contributed by atoms with van der Waals surface area (Å²) in [6.07, 6.45) is 3.46. The molecule has 1 amide bonds. The molecule has 3 aliphatic rings. The molecule has 0 spiro atoms. The number of hydrogen-bond acceptors (Lipinski definition) is 5. The van der Waals surface area contributed by atoms with E-state index in [1.165, 1.54) is 6.42 Å². The van der Waals surface area contributed by atoms with Gasteiger partial charge in [-0.05, 0) is 32.0 Å². The molecule has 7 heteroatoms. The number of aliphatic carboxylic acids is 1. The number of carbonyl (C=O) groups excluding carboxylic acids is 1. The van der Waals surface area contributed by atoms with E-state index in [-0.39, 0.29) is 25.0 Å². The first kappa shape index (κ1) is 18.1. The fraction of sp³-hybridized carbons (Fsp3) is 0.600. The minimum absolute atomic E-state index is 0.0157. The molecule has 146 valence electrons. The second kappa shape index (κ2) is 7.03. The molecule has 4 rings (SSSR count). The van der Waals surface area contributed by atoms with Crippen LogP contribution < -0.4 is 9.47 Å². The lowest BCUT2D eigenvalue weighted by atomic mass is 9.73. The first-order chi connectivity index (χ1) is 13.0. The van der Waals surface area contributed by atoms with Crippen LogP contribution in [-0.2, 0) is 9.59 Å². The third-order valence-electron chi connectivity index (χ3n) is 6.21. The second-order valence-corrected chi connectivity index (χ2v) is 7.82. The predicted octanol–water partition coefficient (Wildman–Crippen LogP) is 1.57. The number of piperidine rings is 1. The highest BCUT2D eigenvalue weighted by Gasteiger charge is 2.57. The van der Waals surface area contributed by atoms with Crippen molar-refractivity contribution in [3.8, 4) is 11.5 Å². The predicted molar refractivity (Wildman–Crippen MR) is 98.2 cm³/mol. The van der Waals surface area contributed by atoms with E-state index in [4.69, 9.17) is 9.47 Å². The maximum absolute atomic E-state index is 12.9. The summed E-state index contributed by atoms with van der Waals surface area (Å²) in [7, 11) is 1.59. The van der Waals surface area contributed by atoms with Gasteiger partial charge in [-0.3, -0.25) is 14.5 Å². The lowest BCUT2D eigenvalue weighted by Crippen LogP contribution is -2.47. The summed E-state index contributed by atoms with van der Waals surface area (Å²) in [5, 5.41) is 9.99.